The van der Waals surface area contributed by atoms with E-state index >= 15 is 0 Å². The van der Waals surface area contributed by atoms with Gasteiger partial charge < -0.3 is 14.8 Å². The van der Waals surface area contributed by atoms with E-state index in [1.807, 2.05) is 0 Å². The zero-order valence-corrected chi connectivity index (χ0v) is 17.4. The van der Waals surface area contributed by atoms with Gasteiger partial charge in [-0.25, -0.2) is 9.18 Å². The van der Waals surface area contributed by atoms with E-state index in [-0.39, 0.29) is 22.4 Å². The van der Waals surface area contributed by atoms with Crippen molar-refractivity contribution >= 4 is 29.1 Å². The van der Waals surface area contributed by atoms with Gasteiger partial charge in [0.1, 0.15) is 23.6 Å². The summed E-state index contributed by atoms with van der Waals surface area (Å²) in [6.07, 6.45) is -1.37. The largest absolute Gasteiger partial charge is 0.497 e. The van der Waals surface area contributed by atoms with Gasteiger partial charge in [0.25, 0.3) is 5.91 Å². The molecule has 0 saturated carbocycles. The average molecular weight is 447 g/mol. The molecule has 0 spiro atoms. The first kappa shape index (κ1) is 21.9. The zero-order chi connectivity index (χ0) is 23.5. The quantitative estimate of drug-likeness (QED) is 0.256. The third kappa shape index (κ3) is 4.23. The standard InChI is InChI=1S/C25H18FNO6/c1-32-15-8-6-7-14(13-15)27-24(30)22(29)20(21(28)18-11-4-5-12-19(18)26)23-16-9-2-3-10-17(16)25(31)33-23/h2-13,20,23H,1H3,(H,27,30)/t20-,23-/m0/s1. The molecule has 0 saturated heterocycles. The molecule has 0 aromatic heterocycles. The minimum absolute atomic E-state index is 0.176. The highest BCUT2D eigenvalue weighted by atomic mass is 19.1. The van der Waals surface area contributed by atoms with E-state index in [1.165, 1.54) is 49.6 Å². The van der Waals surface area contributed by atoms with Gasteiger partial charge in [-0.05, 0) is 30.3 Å². The fraction of sp³-hybridized carbons (Fsp3) is 0.120. The Balaban J connectivity index is 1.72. The number of carbonyl (C=O) groups is 4. The number of rotatable bonds is 7. The maximum Gasteiger partial charge on any atom is 0.339 e. The van der Waals surface area contributed by atoms with Crippen molar-refractivity contribution in [3.63, 3.8) is 0 Å². The molecular weight excluding hydrogens is 429 g/mol. The second-order valence-electron chi connectivity index (χ2n) is 7.29. The monoisotopic (exact) mass is 447 g/mol. The van der Waals surface area contributed by atoms with E-state index in [9.17, 15) is 23.6 Å². The maximum absolute atomic E-state index is 14.4. The number of methoxy groups -OCH3 is 1. The number of cyclic esters (lactones) is 1. The summed E-state index contributed by atoms with van der Waals surface area (Å²) in [6.45, 7) is 0. The van der Waals surface area contributed by atoms with Crippen LogP contribution < -0.4 is 10.1 Å². The number of esters is 1. The molecule has 0 unspecified atom stereocenters. The summed E-state index contributed by atoms with van der Waals surface area (Å²) in [5, 5.41) is 2.42. The maximum atomic E-state index is 14.4. The lowest BCUT2D eigenvalue weighted by Crippen LogP contribution is -2.38. The lowest BCUT2D eigenvalue weighted by atomic mass is 9.84. The summed E-state index contributed by atoms with van der Waals surface area (Å²) >= 11 is 0. The number of ketones is 2. The number of nitrogens with one attached hydrogen (secondary N) is 1. The second kappa shape index (κ2) is 9.04. The summed E-state index contributed by atoms with van der Waals surface area (Å²) < 4.78 is 24.8. The number of Topliss-reactive ketones (excluding diaryl/α,β-unsaturated/α-hetero) is 2. The van der Waals surface area contributed by atoms with Crippen LogP contribution in [0.4, 0.5) is 10.1 Å². The van der Waals surface area contributed by atoms with Crippen LogP contribution in [0.1, 0.15) is 32.4 Å². The van der Waals surface area contributed by atoms with Crippen LogP contribution in [0.5, 0.6) is 5.75 Å². The van der Waals surface area contributed by atoms with Gasteiger partial charge in [-0.3, -0.25) is 14.4 Å². The first-order valence-corrected chi connectivity index (χ1v) is 9.98. The summed E-state index contributed by atoms with van der Waals surface area (Å²) in [5.74, 6) is -6.17. The van der Waals surface area contributed by atoms with Crippen molar-refractivity contribution in [2.45, 2.75) is 6.10 Å². The number of fused-ring (bicyclic) bond motifs is 1. The van der Waals surface area contributed by atoms with Gasteiger partial charge in [-0.2, -0.15) is 0 Å². The number of ether oxygens (including phenoxy) is 2. The Kier molecular flexibility index (Phi) is 5.99. The van der Waals surface area contributed by atoms with E-state index < -0.39 is 41.3 Å². The molecule has 1 N–H and O–H groups in total. The molecule has 1 aliphatic heterocycles. The molecule has 2 atom stereocenters. The molecule has 1 heterocycles. The van der Waals surface area contributed by atoms with E-state index in [2.05, 4.69) is 5.32 Å². The number of carbonyl (C=O) groups excluding carboxylic acids is 4. The Hall–Kier alpha value is -4.33. The summed E-state index contributed by atoms with van der Waals surface area (Å²) in [6, 6.07) is 17.6. The van der Waals surface area contributed by atoms with Gasteiger partial charge in [-0.1, -0.05) is 36.4 Å². The molecule has 1 amide bonds. The molecule has 33 heavy (non-hydrogen) atoms. The third-order valence-corrected chi connectivity index (χ3v) is 5.28. The van der Waals surface area contributed by atoms with Crippen molar-refractivity contribution in [2.75, 3.05) is 12.4 Å². The molecular formula is C25H18FNO6. The van der Waals surface area contributed by atoms with Crippen molar-refractivity contribution < 1.29 is 33.0 Å². The highest BCUT2D eigenvalue weighted by molar-refractivity contribution is 6.45. The molecule has 4 rings (SSSR count). The van der Waals surface area contributed by atoms with Crippen LogP contribution >= 0.6 is 0 Å². The van der Waals surface area contributed by atoms with Crippen LogP contribution in [0.3, 0.4) is 0 Å². The molecule has 0 fully saturated rings. The SMILES string of the molecule is COc1cccc(NC(=O)C(=O)[C@H](C(=O)c2ccccc2F)[C@H]2OC(=O)c3ccccc32)c1. The van der Waals surface area contributed by atoms with Gasteiger partial charge >= 0.3 is 5.97 Å². The molecule has 8 heteroatoms. The van der Waals surface area contributed by atoms with Crippen LogP contribution in [-0.2, 0) is 14.3 Å². The lowest BCUT2D eigenvalue weighted by molar-refractivity contribution is -0.138. The molecule has 7 nitrogen and oxygen atoms in total. The smallest absolute Gasteiger partial charge is 0.339 e. The average Bonchev–Trinajstić information content (AvgIpc) is 3.15. The van der Waals surface area contributed by atoms with Crippen molar-refractivity contribution in [1.82, 2.24) is 0 Å². The molecule has 1 aliphatic rings. The fourth-order valence-electron chi connectivity index (χ4n) is 3.68. The summed E-state index contributed by atoms with van der Waals surface area (Å²) in [4.78, 5) is 51.7. The Bertz CT molecular complexity index is 1270. The predicted octanol–water partition coefficient (Wildman–Crippen LogP) is 3.75. The van der Waals surface area contributed by atoms with E-state index in [0.717, 1.165) is 6.07 Å². The second-order valence-corrected chi connectivity index (χ2v) is 7.29. The van der Waals surface area contributed by atoms with Gasteiger partial charge in [0.15, 0.2) is 5.78 Å². The van der Waals surface area contributed by atoms with E-state index in [1.54, 1.807) is 24.3 Å². The summed E-state index contributed by atoms with van der Waals surface area (Å²) in [7, 11) is 1.45. The molecule has 166 valence electrons. The molecule has 0 radical (unpaired) electrons. The Morgan fingerprint density at radius 3 is 2.48 bits per heavy atom. The number of amides is 1. The molecule has 0 aliphatic carbocycles. The van der Waals surface area contributed by atoms with Gasteiger partial charge in [-0.15, -0.1) is 0 Å². The van der Waals surface area contributed by atoms with Crippen LogP contribution in [0.25, 0.3) is 0 Å². The minimum Gasteiger partial charge on any atom is -0.497 e. The van der Waals surface area contributed by atoms with Crippen LogP contribution in [-0.4, -0.2) is 30.6 Å². The predicted molar refractivity (Wildman–Crippen MR) is 115 cm³/mol. The van der Waals surface area contributed by atoms with E-state index in [4.69, 9.17) is 9.47 Å². The first-order chi connectivity index (χ1) is 15.9. The Labute approximate surface area is 188 Å². The van der Waals surface area contributed by atoms with E-state index in [0.29, 0.717) is 5.75 Å². The molecule has 0 bridgehead atoms. The van der Waals surface area contributed by atoms with Crippen molar-refractivity contribution in [3.05, 3.63) is 95.3 Å². The van der Waals surface area contributed by atoms with Crippen molar-refractivity contribution in [3.8, 4) is 5.75 Å². The van der Waals surface area contributed by atoms with Crippen molar-refractivity contribution in [2.24, 2.45) is 5.92 Å². The normalized spacial score (nSPS) is 15.2. The molecule has 3 aromatic rings. The summed E-state index contributed by atoms with van der Waals surface area (Å²) in [5.41, 5.74) is 0.327. The molecule has 3 aromatic carbocycles. The number of hydrogen-bond acceptors (Lipinski definition) is 6. The zero-order valence-electron chi connectivity index (χ0n) is 17.4. The first-order valence-electron chi connectivity index (χ1n) is 9.98. The van der Waals surface area contributed by atoms with Gasteiger partial charge in [0.05, 0.1) is 18.2 Å². The lowest BCUT2D eigenvalue weighted by Gasteiger charge is -2.21. The number of halogens is 1. The van der Waals surface area contributed by atoms with Crippen LogP contribution in [0.2, 0.25) is 0 Å². The van der Waals surface area contributed by atoms with Gasteiger partial charge in [0, 0.05) is 17.3 Å². The highest BCUT2D eigenvalue weighted by Crippen LogP contribution is 2.38. The van der Waals surface area contributed by atoms with Gasteiger partial charge in [0.2, 0.25) is 5.78 Å². The van der Waals surface area contributed by atoms with Crippen LogP contribution in [0, 0.1) is 11.7 Å². The third-order valence-electron chi connectivity index (χ3n) is 5.28. The highest BCUT2D eigenvalue weighted by Gasteiger charge is 2.46. The van der Waals surface area contributed by atoms with Crippen molar-refractivity contribution in [1.29, 1.82) is 0 Å². The number of benzene rings is 3. The number of anilines is 1. The topological polar surface area (TPSA) is 98.8 Å². The van der Waals surface area contributed by atoms with Crippen LogP contribution in [0.15, 0.2) is 72.8 Å². The number of hydrogen-bond donors (Lipinski definition) is 1. The Morgan fingerprint density at radius 1 is 1.00 bits per heavy atom. The minimum atomic E-state index is -1.78. The fourth-order valence-corrected chi connectivity index (χ4v) is 3.68. The Morgan fingerprint density at radius 2 is 1.73 bits per heavy atom.